The molecule has 0 amide bonds. The number of fused-ring (bicyclic) bond motifs is 1. The topological polar surface area (TPSA) is 101 Å². The van der Waals surface area contributed by atoms with E-state index in [1.165, 1.54) is 18.5 Å². The van der Waals surface area contributed by atoms with Gasteiger partial charge < -0.3 is 4.98 Å². The molecular weight excluding hydrogens is 563 g/mol. The van der Waals surface area contributed by atoms with Gasteiger partial charge in [0.1, 0.15) is 5.69 Å². The smallest absolute Gasteiger partial charge is 0.353 e. The van der Waals surface area contributed by atoms with Crippen LogP contribution in [0.2, 0.25) is 0 Å². The van der Waals surface area contributed by atoms with Crippen LogP contribution >= 0.6 is 0 Å². The molecule has 3 heterocycles. The summed E-state index contributed by atoms with van der Waals surface area (Å²) in [4.78, 5) is 15.4. The predicted octanol–water partition coefficient (Wildman–Crippen LogP) is 7.10. The first-order valence-corrected chi connectivity index (χ1v) is 14.3. The highest BCUT2D eigenvalue weighted by Gasteiger charge is 2.37. The fourth-order valence-electron chi connectivity index (χ4n) is 4.84. The van der Waals surface area contributed by atoms with Crippen molar-refractivity contribution in [1.82, 2.24) is 19.9 Å². The third kappa shape index (κ3) is 5.34. The van der Waals surface area contributed by atoms with E-state index in [2.05, 4.69) is 30.7 Å². The van der Waals surface area contributed by atoms with Gasteiger partial charge in [0.25, 0.3) is 10.0 Å². The molecule has 0 fully saturated rings. The van der Waals surface area contributed by atoms with E-state index in [9.17, 15) is 21.6 Å². The number of aromatic amines is 1. The molecular formula is C31H22F3N5O2S. The molecule has 0 bridgehead atoms. The number of nitrogens with zero attached hydrogens (tertiary/aromatic N) is 3. The second-order valence-electron chi connectivity index (χ2n) is 9.47. The number of halogens is 3. The Hall–Kier alpha value is -5.03. The lowest BCUT2D eigenvalue weighted by Crippen LogP contribution is -2.20. The number of nitrogens with one attached hydrogen (secondary N) is 2. The Labute approximate surface area is 239 Å². The van der Waals surface area contributed by atoms with Gasteiger partial charge in [0.05, 0.1) is 21.8 Å². The quantitative estimate of drug-likeness (QED) is 0.208. The molecule has 0 radical (unpaired) electrons. The van der Waals surface area contributed by atoms with E-state index < -0.39 is 26.7 Å². The highest BCUT2D eigenvalue weighted by molar-refractivity contribution is 7.92. The van der Waals surface area contributed by atoms with Crippen LogP contribution in [0.5, 0.6) is 0 Å². The maximum Gasteiger partial charge on any atom is 0.417 e. The van der Waals surface area contributed by atoms with Gasteiger partial charge in [0.2, 0.25) is 0 Å². The Bertz CT molecular complexity index is 1990. The lowest BCUT2D eigenvalue weighted by atomic mass is 9.99. The summed E-state index contributed by atoms with van der Waals surface area (Å²) in [5.74, 6) is -0.184. The molecule has 6 aromatic rings. The Morgan fingerprint density at radius 3 is 2.24 bits per heavy atom. The van der Waals surface area contributed by atoms with Gasteiger partial charge in [-0.15, -0.1) is 0 Å². The number of anilines is 1. The molecule has 3 aromatic carbocycles. The zero-order chi connectivity index (χ0) is 29.3. The molecule has 7 nitrogen and oxygen atoms in total. The number of sulfonamides is 1. The Balaban J connectivity index is 1.32. The van der Waals surface area contributed by atoms with Gasteiger partial charge in [0.15, 0.2) is 5.82 Å². The van der Waals surface area contributed by atoms with Crippen molar-refractivity contribution in [2.75, 3.05) is 4.72 Å². The van der Waals surface area contributed by atoms with Crippen LogP contribution in [0.15, 0.2) is 114 Å². The Morgan fingerprint density at radius 2 is 1.48 bits per heavy atom. The minimum Gasteiger partial charge on any atom is -0.353 e. The summed E-state index contributed by atoms with van der Waals surface area (Å²) < 4.78 is 68.9. The summed E-state index contributed by atoms with van der Waals surface area (Å²) in [5.41, 5.74) is 4.24. The van der Waals surface area contributed by atoms with Crippen LogP contribution in [0.1, 0.15) is 16.7 Å². The zero-order valence-corrected chi connectivity index (χ0v) is 22.6. The van der Waals surface area contributed by atoms with Crippen molar-refractivity contribution in [3.05, 3.63) is 126 Å². The van der Waals surface area contributed by atoms with Gasteiger partial charge in [-0.1, -0.05) is 60.7 Å². The van der Waals surface area contributed by atoms with Gasteiger partial charge in [0, 0.05) is 41.5 Å². The lowest BCUT2D eigenvalue weighted by molar-refractivity contribution is -0.139. The van der Waals surface area contributed by atoms with Crippen LogP contribution in [0.4, 0.5) is 19.0 Å². The van der Waals surface area contributed by atoms with Crippen molar-refractivity contribution < 1.29 is 21.6 Å². The first-order chi connectivity index (χ1) is 20.2. The zero-order valence-electron chi connectivity index (χ0n) is 21.8. The highest BCUT2D eigenvalue weighted by atomic mass is 32.2. The number of hydrogen-bond acceptors (Lipinski definition) is 5. The molecule has 11 heteroatoms. The normalized spacial score (nSPS) is 12.0. The van der Waals surface area contributed by atoms with Gasteiger partial charge in [-0.3, -0.25) is 14.7 Å². The van der Waals surface area contributed by atoms with E-state index >= 15 is 0 Å². The van der Waals surface area contributed by atoms with E-state index in [0.29, 0.717) is 12.0 Å². The molecule has 0 aliphatic carbocycles. The molecule has 0 aliphatic heterocycles. The summed E-state index contributed by atoms with van der Waals surface area (Å²) in [5, 5.41) is 1.08. The summed E-state index contributed by atoms with van der Waals surface area (Å²) in [6.07, 6.45) is 0.128. The number of pyridine rings is 1. The maximum atomic E-state index is 13.5. The van der Waals surface area contributed by atoms with Gasteiger partial charge in [-0.05, 0) is 41.5 Å². The number of alkyl halides is 3. The van der Waals surface area contributed by atoms with Crippen molar-refractivity contribution in [3.63, 3.8) is 0 Å². The first kappa shape index (κ1) is 27.2. The van der Waals surface area contributed by atoms with Crippen LogP contribution in [-0.2, 0) is 22.6 Å². The number of aromatic nitrogens is 4. The molecule has 0 aliphatic rings. The lowest BCUT2D eigenvalue weighted by Gasteiger charge is -2.15. The first-order valence-electron chi connectivity index (χ1n) is 12.8. The average Bonchev–Trinajstić information content (AvgIpc) is 3.36. The van der Waals surface area contributed by atoms with E-state index in [4.69, 9.17) is 0 Å². The minimum absolute atomic E-state index is 0.179. The van der Waals surface area contributed by atoms with Crippen LogP contribution in [0.3, 0.4) is 0 Å². The molecule has 0 spiro atoms. The number of benzene rings is 3. The van der Waals surface area contributed by atoms with Crippen molar-refractivity contribution in [3.8, 4) is 22.6 Å². The standard InChI is InChI=1S/C31H22F3N5O2S/c32-31(33,34)24-8-2-4-11-27(24)42(40,41)39-30-28(36-17-18-37-30)21-14-12-20(13-15-21)19-23-22-7-1-3-9-25(22)38-29(23)26-10-5-6-16-35-26/h1-18,38H,19H2,(H,37,39). The van der Waals surface area contributed by atoms with Crippen molar-refractivity contribution in [1.29, 1.82) is 0 Å². The average molecular weight is 586 g/mol. The van der Waals surface area contributed by atoms with Crippen LogP contribution < -0.4 is 4.72 Å². The molecule has 6 rings (SSSR count). The molecule has 42 heavy (non-hydrogen) atoms. The predicted molar refractivity (Wildman–Crippen MR) is 154 cm³/mol. The largest absolute Gasteiger partial charge is 0.417 e. The fraction of sp³-hybridized carbons (Fsp3) is 0.0645. The van der Waals surface area contributed by atoms with E-state index in [-0.39, 0.29) is 11.5 Å². The number of rotatable bonds is 7. The minimum atomic E-state index is -4.85. The monoisotopic (exact) mass is 585 g/mol. The summed E-state index contributed by atoms with van der Waals surface area (Å²) in [6.45, 7) is 0. The molecule has 210 valence electrons. The van der Waals surface area contributed by atoms with E-state index in [1.54, 1.807) is 18.3 Å². The van der Waals surface area contributed by atoms with Crippen LogP contribution in [-0.4, -0.2) is 28.4 Å². The number of H-pyrrole nitrogens is 1. The summed E-state index contributed by atoms with van der Waals surface area (Å²) in [6, 6.07) is 25.1. The fourth-order valence-corrected chi connectivity index (χ4v) is 6.08. The summed E-state index contributed by atoms with van der Waals surface area (Å²) >= 11 is 0. The van der Waals surface area contributed by atoms with Crippen LogP contribution in [0, 0.1) is 0 Å². The number of hydrogen-bond donors (Lipinski definition) is 2. The third-order valence-electron chi connectivity index (χ3n) is 6.75. The second-order valence-corrected chi connectivity index (χ2v) is 11.1. The molecule has 0 saturated heterocycles. The highest BCUT2D eigenvalue weighted by Crippen LogP contribution is 2.36. The van der Waals surface area contributed by atoms with Crippen molar-refractivity contribution in [2.24, 2.45) is 0 Å². The van der Waals surface area contributed by atoms with E-state index in [1.807, 2.05) is 48.5 Å². The van der Waals surface area contributed by atoms with Gasteiger partial charge >= 0.3 is 6.18 Å². The van der Waals surface area contributed by atoms with Gasteiger partial charge in [-0.2, -0.15) is 13.2 Å². The number of para-hydroxylation sites is 1. The Kier molecular flexibility index (Phi) is 6.95. The van der Waals surface area contributed by atoms with Crippen LogP contribution in [0.25, 0.3) is 33.5 Å². The molecule has 0 atom stereocenters. The molecule has 0 saturated carbocycles. The molecule has 3 aromatic heterocycles. The maximum absolute atomic E-state index is 13.5. The summed E-state index contributed by atoms with van der Waals surface area (Å²) in [7, 11) is -4.63. The van der Waals surface area contributed by atoms with Crippen molar-refractivity contribution >= 4 is 26.7 Å². The molecule has 2 N–H and O–H groups in total. The third-order valence-corrected chi connectivity index (χ3v) is 8.15. The van der Waals surface area contributed by atoms with E-state index in [0.717, 1.165) is 51.6 Å². The Morgan fingerprint density at radius 1 is 0.762 bits per heavy atom. The van der Waals surface area contributed by atoms with Crippen molar-refractivity contribution in [2.45, 2.75) is 17.5 Å². The second kappa shape index (κ2) is 10.7. The van der Waals surface area contributed by atoms with Gasteiger partial charge in [-0.25, -0.2) is 13.4 Å². The SMILES string of the molecule is O=S(=O)(Nc1nccnc1-c1ccc(Cc2c(-c3ccccn3)[nH]c3ccccc23)cc1)c1ccccc1C(F)(F)F. The molecule has 0 unspecified atom stereocenters.